The summed E-state index contributed by atoms with van der Waals surface area (Å²) >= 11 is 1.47. The van der Waals surface area contributed by atoms with Gasteiger partial charge in [-0.15, -0.1) is 11.3 Å². The molecular formula is C14H20N4OS. The van der Waals surface area contributed by atoms with Gasteiger partial charge >= 0.3 is 0 Å². The first-order chi connectivity index (χ1) is 9.52. The highest BCUT2D eigenvalue weighted by molar-refractivity contribution is 7.16. The largest absolute Gasteiger partial charge is 0.315 e. The number of thiophene rings is 1. The molecule has 1 unspecified atom stereocenters. The summed E-state index contributed by atoms with van der Waals surface area (Å²) in [5, 5.41) is 16.0. The minimum absolute atomic E-state index is 0.0449. The zero-order chi connectivity index (χ0) is 14.7. The van der Waals surface area contributed by atoms with E-state index in [2.05, 4.69) is 28.5 Å². The van der Waals surface area contributed by atoms with Crippen molar-refractivity contribution in [3.05, 3.63) is 16.0 Å². The van der Waals surface area contributed by atoms with Gasteiger partial charge in [0.2, 0.25) is 5.91 Å². The van der Waals surface area contributed by atoms with Crippen LogP contribution < -0.4 is 10.6 Å². The molecular weight excluding hydrogens is 272 g/mol. The van der Waals surface area contributed by atoms with E-state index in [0.717, 1.165) is 30.1 Å². The highest BCUT2D eigenvalue weighted by Crippen LogP contribution is 2.31. The van der Waals surface area contributed by atoms with E-state index in [4.69, 9.17) is 0 Å². The van der Waals surface area contributed by atoms with Crippen molar-refractivity contribution >= 4 is 22.2 Å². The third-order valence-electron chi connectivity index (χ3n) is 3.74. The number of nitrogens with zero attached hydrogens (tertiary/aromatic N) is 2. The molecule has 1 fully saturated rings. The van der Waals surface area contributed by atoms with Gasteiger partial charge in [-0.3, -0.25) is 9.69 Å². The topological polar surface area (TPSA) is 68.2 Å². The summed E-state index contributed by atoms with van der Waals surface area (Å²) < 4.78 is 0. The zero-order valence-corrected chi connectivity index (χ0v) is 12.9. The third-order valence-corrected chi connectivity index (χ3v) is 4.86. The average molecular weight is 292 g/mol. The fourth-order valence-electron chi connectivity index (χ4n) is 2.32. The highest BCUT2D eigenvalue weighted by atomic mass is 32.1. The Morgan fingerprint density at radius 2 is 2.35 bits per heavy atom. The second-order valence-corrected chi connectivity index (χ2v) is 6.40. The van der Waals surface area contributed by atoms with Crippen LogP contribution in [0.4, 0.5) is 5.00 Å². The van der Waals surface area contributed by atoms with Crippen LogP contribution >= 0.6 is 11.3 Å². The molecule has 1 aliphatic rings. The Kier molecular flexibility index (Phi) is 4.76. The van der Waals surface area contributed by atoms with E-state index < -0.39 is 0 Å². The van der Waals surface area contributed by atoms with Gasteiger partial charge < -0.3 is 10.6 Å². The fourth-order valence-corrected chi connectivity index (χ4v) is 3.35. The number of anilines is 1. The summed E-state index contributed by atoms with van der Waals surface area (Å²) in [5.41, 5.74) is 1.55. The Morgan fingerprint density at radius 1 is 1.60 bits per heavy atom. The van der Waals surface area contributed by atoms with Crippen molar-refractivity contribution in [1.82, 2.24) is 10.2 Å². The molecule has 1 aromatic heterocycles. The normalized spacial score (nSPS) is 19.6. The maximum Gasteiger partial charge on any atom is 0.239 e. The Labute approximate surface area is 123 Å². The van der Waals surface area contributed by atoms with Crippen LogP contribution in [0.25, 0.3) is 0 Å². The molecule has 1 aromatic rings. The van der Waals surface area contributed by atoms with E-state index in [-0.39, 0.29) is 5.91 Å². The molecule has 2 N–H and O–H groups in total. The molecule has 2 rings (SSSR count). The van der Waals surface area contributed by atoms with Crippen LogP contribution in [0.3, 0.4) is 0 Å². The first kappa shape index (κ1) is 15.0. The predicted octanol–water partition coefficient (Wildman–Crippen LogP) is 1.47. The van der Waals surface area contributed by atoms with Gasteiger partial charge in [0.25, 0.3) is 0 Å². The van der Waals surface area contributed by atoms with Crippen molar-refractivity contribution in [2.24, 2.45) is 0 Å². The van der Waals surface area contributed by atoms with E-state index in [1.807, 2.05) is 13.8 Å². The molecule has 0 saturated carbocycles. The zero-order valence-electron chi connectivity index (χ0n) is 12.1. The standard InChI is InChI=1S/C14H20N4OS/c1-9-7-16-4-5-18(9)8-13(19)17-14-12(6-15)10(2)11(3)20-14/h9,16H,4-5,7-8H2,1-3H3,(H,17,19). The van der Waals surface area contributed by atoms with Crippen molar-refractivity contribution < 1.29 is 4.79 Å². The highest BCUT2D eigenvalue weighted by Gasteiger charge is 2.21. The van der Waals surface area contributed by atoms with Gasteiger partial charge in [-0.25, -0.2) is 0 Å². The van der Waals surface area contributed by atoms with Crippen molar-refractivity contribution in [2.75, 3.05) is 31.5 Å². The van der Waals surface area contributed by atoms with Crippen LogP contribution in [-0.2, 0) is 4.79 Å². The maximum atomic E-state index is 12.1. The van der Waals surface area contributed by atoms with Crippen molar-refractivity contribution in [2.45, 2.75) is 26.8 Å². The lowest BCUT2D eigenvalue weighted by Gasteiger charge is -2.33. The van der Waals surface area contributed by atoms with Crippen molar-refractivity contribution in [1.29, 1.82) is 5.26 Å². The summed E-state index contributed by atoms with van der Waals surface area (Å²) in [7, 11) is 0. The summed E-state index contributed by atoms with van der Waals surface area (Å²) in [6.45, 7) is 9.07. The molecule has 1 aliphatic heterocycles. The van der Waals surface area contributed by atoms with Crippen LogP contribution in [0.15, 0.2) is 0 Å². The Bertz CT molecular complexity index is 546. The molecule has 0 aromatic carbocycles. The van der Waals surface area contributed by atoms with Gasteiger partial charge in [-0.1, -0.05) is 0 Å². The molecule has 1 atom stereocenters. The number of rotatable bonds is 3. The Balaban J connectivity index is 2.01. The smallest absolute Gasteiger partial charge is 0.239 e. The number of carbonyl (C=O) groups is 1. The lowest BCUT2D eigenvalue weighted by Crippen LogP contribution is -2.51. The molecule has 1 amide bonds. The number of aryl methyl sites for hydroxylation is 1. The van der Waals surface area contributed by atoms with Gasteiger partial charge in [0, 0.05) is 30.6 Å². The van der Waals surface area contributed by atoms with E-state index in [9.17, 15) is 10.1 Å². The number of carbonyl (C=O) groups excluding carboxylic acids is 1. The van der Waals surface area contributed by atoms with E-state index in [0.29, 0.717) is 23.2 Å². The fraction of sp³-hybridized carbons (Fsp3) is 0.571. The van der Waals surface area contributed by atoms with E-state index >= 15 is 0 Å². The SMILES string of the molecule is Cc1sc(NC(=O)CN2CCNCC2C)c(C#N)c1C. The lowest BCUT2D eigenvalue weighted by molar-refractivity contribution is -0.118. The third kappa shape index (κ3) is 3.18. The van der Waals surface area contributed by atoms with Crippen LogP contribution in [0.5, 0.6) is 0 Å². The number of hydrogen-bond acceptors (Lipinski definition) is 5. The van der Waals surface area contributed by atoms with Gasteiger partial charge in [-0.2, -0.15) is 5.26 Å². The van der Waals surface area contributed by atoms with Crippen LogP contribution in [0.2, 0.25) is 0 Å². The second kappa shape index (κ2) is 6.35. The minimum Gasteiger partial charge on any atom is -0.315 e. The molecule has 6 heteroatoms. The first-order valence-corrected chi connectivity index (χ1v) is 7.59. The minimum atomic E-state index is -0.0449. The summed E-state index contributed by atoms with van der Waals surface area (Å²) in [6, 6.07) is 2.53. The maximum absolute atomic E-state index is 12.1. The predicted molar refractivity (Wildman–Crippen MR) is 81.0 cm³/mol. The number of hydrogen-bond donors (Lipinski definition) is 2. The van der Waals surface area contributed by atoms with E-state index in [1.54, 1.807) is 0 Å². The van der Waals surface area contributed by atoms with Crippen LogP contribution in [0, 0.1) is 25.2 Å². The summed E-state index contributed by atoms with van der Waals surface area (Å²) in [5.74, 6) is -0.0449. The van der Waals surface area contributed by atoms with E-state index in [1.165, 1.54) is 11.3 Å². The number of nitriles is 1. The van der Waals surface area contributed by atoms with Crippen molar-refractivity contribution in [3.8, 4) is 6.07 Å². The number of amides is 1. The lowest BCUT2D eigenvalue weighted by atomic mass is 10.2. The molecule has 0 radical (unpaired) electrons. The second-order valence-electron chi connectivity index (χ2n) is 5.17. The molecule has 2 heterocycles. The first-order valence-electron chi connectivity index (χ1n) is 6.77. The Morgan fingerprint density at radius 3 is 3.00 bits per heavy atom. The average Bonchev–Trinajstić information content (AvgIpc) is 2.67. The number of nitrogens with one attached hydrogen (secondary N) is 2. The molecule has 0 aliphatic carbocycles. The van der Waals surface area contributed by atoms with Gasteiger partial charge in [-0.05, 0) is 26.3 Å². The van der Waals surface area contributed by atoms with Gasteiger partial charge in [0.05, 0.1) is 12.1 Å². The quantitative estimate of drug-likeness (QED) is 0.885. The van der Waals surface area contributed by atoms with Crippen LogP contribution in [-0.4, -0.2) is 43.0 Å². The monoisotopic (exact) mass is 292 g/mol. The molecule has 5 nitrogen and oxygen atoms in total. The Hall–Kier alpha value is -1.42. The van der Waals surface area contributed by atoms with Crippen molar-refractivity contribution in [3.63, 3.8) is 0 Å². The molecule has 0 bridgehead atoms. The number of piperazine rings is 1. The summed E-state index contributed by atoms with van der Waals surface area (Å²) in [6.07, 6.45) is 0. The molecule has 0 spiro atoms. The van der Waals surface area contributed by atoms with Gasteiger partial charge in [0.15, 0.2) is 0 Å². The summed E-state index contributed by atoms with van der Waals surface area (Å²) in [4.78, 5) is 15.4. The van der Waals surface area contributed by atoms with Crippen LogP contribution in [0.1, 0.15) is 22.9 Å². The van der Waals surface area contributed by atoms with Gasteiger partial charge in [0.1, 0.15) is 11.1 Å². The molecule has 108 valence electrons. The molecule has 20 heavy (non-hydrogen) atoms. The molecule has 1 saturated heterocycles.